The number of hydrogen-bond acceptors (Lipinski definition) is 0. The van der Waals surface area contributed by atoms with Crippen LogP contribution in [0.5, 0.6) is 0 Å². The number of hydrogen-bond donors (Lipinski definition) is 0. The van der Waals surface area contributed by atoms with Gasteiger partial charge in [0.05, 0.1) is 0 Å². The molecule has 0 radical (unpaired) electrons. The Morgan fingerprint density at radius 3 is 2.45 bits per heavy atom. The van der Waals surface area contributed by atoms with Crippen molar-refractivity contribution in [2.45, 2.75) is 0 Å². The summed E-state index contributed by atoms with van der Waals surface area (Å²) in [7, 11) is 0. The van der Waals surface area contributed by atoms with E-state index in [1.807, 2.05) is 12.2 Å². The minimum absolute atomic E-state index is 0.575. The molecule has 0 spiro atoms. The van der Waals surface area contributed by atoms with E-state index in [0.717, 1.165) is 0 Å². The fourth-order valence-electron chi connectivity index (χ4n) is 0.755. The first-order valence-corrected chi connectivity index (χ1v) is 4.92. The average Bonchev–Trinajstić information content (AvgIpc) is 2.04. The molecule has 0 unspecified atom stereocenters. The molecule has 0 aliphatic rings. The SMILES string of the molecule is ClC/C=C/c1ccc(I)cc1. The number of benzene rings is 1. The summed E-state index contributed by atoms with van der Waals surface area (Å²) in [5, 5.41) is 0. The topological polar surface area (TPSA) is 0 Å². The number of alkyl halides is 1. The van der Waals surface area contributed by atoms with Gasteiger partial charge < -0.3 is 0 Å². The van der Waals surface area contributed by atoms with Crippen molar-refractivity contribution in [3.8, 4) is 0 Å². The second-order valence-corrected chi connectivity index (χ2v) is 3.66. The quantitative estimate of drug-likeness (QED) is 0.573. The lowest BCUT2D eigenvalue weighted by atomic mass is 10.2. The van der Waals surface area contributed by atoms with Crippen molar-refractivity contribution in [3.05, 3.63) is 39.5 Å². The Bertz CT molecular complexity index is 238. The maximum absolute atomic E-state index is 5.49. The third kappa shape index (κ3) is 3.25. The molecule has 0 aromatic heterocycles. The predicted molar refractivity (Wildman–Crippen MR) is 58.9 cm³/mol. The van der Waals surface area contributed by atoms with Crippen molar-refractivity contribution in [3.63, 3.8) is 0 Å². The molecule has 0 aliphatic heterocycles. The molecule has 1 aromatic carbocycles. The van der Waals surface area contributed by atoms with Gasteiger partial charge >= 0.3 is 0 Å². The van der Waals surface area contributed by atoms with Crippen LogP contribution in [-0.4, -0.2) is 5.88 Å². The van der Waals surface area contributed by atoms with Crippen LogP contribution in [0.3, 0.4) is 0 Å². The van der Waals surface area contributed by atoms with Crippen LogP contribution in [-0.2, 0) is 0 Å². The molecule has 11 heavy (non-hydrogen) atoms. The van der Waals surface area contributed by atoms with Gasteiger partial charge in [-0.05, 0) is 40.3 Å². The average molecular weight is 279 g/mol. The van der Waals surface area contributed by atoms with Crippen molar-refractivity contribution in [2.75, 3.05) is 5.88 Å². The van der Waals surface area contributed by atoms with Crippen LogP contribution in [0.1, 0.15) is 5.56 Å². The highest BCUT2D eigenvalue weighted by atomic mass is 127. The minimum atomic E-state index is 0.575. The van der Waals surface area contributed by atoms with Crippen molar-refractivity contribution in [1.29, 1.82) is 0 Å². The summed E-state index contributed by atoms with van der Waals surface area (Å²) in [6.45, 7) is 0. The van der Waals surface area contributed by atoms with Gasteiger partial charge in [-0.1, -0.05) is 24.3 Å². The van der Waals surface area contributed by atoms with Crippen LogP contribution >= 0.6 is 34.2 Å². The molecular weight excluding hydrogens is 270 g/mol. The van der Waals surface area contributed by atoms with Gasteiger partial charge in [-0.2, -0.15) is 0 Å². The highest BCUT2D eigenvalue weighted by molar-refractivity contribution is 14.1. The molecule has 1 rings (SSSR count). The number of rotatable bonds is 2. The van der Waals surface area contributed by atoms with E-state index in [1.165, 1.54) is 9.13 Å². The molecule has 0 saturated carbocycles. The smallest absolute Gasteiger partial charge is 0.0407 e. The van der Waals surface area contributed by atoms with E-state index in [0.29, 0.717) is 5.88 Å². The lowest BCUT2D eigenvalue weighted by Gasteiger charge is -1.91. The first-order chi connectivity index (χ1) is 5.33. The minimum Gasteiger partial charge on any atom is -0.122 e. The summed E-state index contributed by atoms with van der Waals surface area (Å²) in [5.74, 6) is 0.575. The van der Waals surface area contributed by atoms with Crippen LogP contribution in [0.4, 0.5) is 0 Å². The first-order valence-electron chi connectivity index (χ1n) is 3.31. The fraction of sp³-hybridized carbons (Fsp3) is 0.111. The molecule has 0 bridgehead atoms. The summed E-state index contributed by atoms with van der Waals surface area (Å²) < 4.78 is 1.26. The largest absolute Gasteiger partial charge is 0.122 e. The number of halogens is 2. The molecule has 0 N–H and O–H groups in total. The summed E-state index contributed by atoms with van der Waals surface area (Å²) in [5.41, 5.74) is 1.20. The normalized spacial score (nSPS) is 10.7. The molecule has 0 aliphatic carbocycles. The molecule has 2 heteroatoms. The molecule has 0 nitrogen and oxygen atoms in total. The van der Waals surface area contributed by atoms with Crippen molar-refractivity contribution >= 4 is 40.3 Å². The first kappa shape index (κ1) is 9.07. The van der Waals surface area contributed by atoms with Crippen LogP contribution in [0.25, 0.3) is 6.08 Å². The highest BCUT2D eigenvalue weighted by Crippen LogP contribution is 2.07. The van der Waals surface area contributed by atoms with Gasteiger partial charge in [-0.25, -0.2) is 0 Å². The maximum atomic E-state index is 5.49. The van der Waals surface area contributed by atoms with Crippen LogP contribution < -0.4 is 0 Å². The Labute approximate surface area is 85.4 Å². The zero-order valence-corrected chi connectivity index (χ0v) is 8.84. The van der Waals surface area contributed by atoms with Gasteiger partial charge in [0.15, 0.2) is 0 Å². The third-order valence-corrected chi connectivity index (χ3v) is 2.17. The second-order valence-electron chi connectivity index (χ2n) is 2.11. The van der Waals surface area contributed by atoms with Gasteiger partial charge in [0.25, 0.3) is 0 Å². The zero-order chi connectivity index (χ0) is 8.10. The van der Waals surface area contributed by atoms with Crippen molar-refractivity contribution < 1.29 is 0 Å². The van der Waals surface area contributed by atoms with Crippen LogP contribution in [0, 0.1) is 3.57 Å². The van der Waals surface area contributed by atoms with Gasteiger partial charge in [-0.3, -0.25) is 0 Å². The van der Waals surface area contributed by atoms with Crippen molar-refractivity contribution in [1.82, 2.24) is 0 Å². The highest BCUT2D eigenvalue weighted by Gasteiger charge is 1.85. The number of allylic oxidation sites excluding steroid dienone is 1. The molecule has 1 aromatic rings. The van der Waals surface area contributed by atoms with E-state index < -0.39 is 0 Å². The van der Waals surface area contributed by atoms with Crippen LogP contribution in [0.2, 0.25) is 0 Å². The Morgan fingerprint density at radius 2 is 1.91 bits per heavy atom. The van der Waals surface area contributed by atoms with Gasteiger partial charge in [0, 0.05) is 9.45 Å². The molecule has 0 amide bonds. The molecule has 0 saturated heterocycles. The van der Waals surface area contributed by atoms with E-state index in [2.05, 4.69) is 46.9 Å². The van der Waals surface area contributed by atoms with E-state index in [-0.39, 0.29) is 0 Å². The Morgan fingerprint density at radius 1 is 1.27 bits per heavy atom. The summed E-state index contributed by atoms with van der Waals surface area (Å²) in [4.78, 5) is 0. The Hall–Kier alpha value is -0.0200. The molecule has 0 atom stereocenters. The summed E-state index contributed by atoms with van der Waals surface area (Å²) in [6.07, 6.45) is 3.95. The Balaban J connectivity index is 2.73. The second kappa shape index (κ2) is 4.78. The van der Waals surface area contributed by atoms with Gasteiger partial charge in [0.1, 0.15) is 0 Å². The fourth-order valence-corrected chi connectivity index (χ4v) is 1.20. The lowest BCUT2D eigenvalue weighted by Crippen LogP contribution is -1.72. The van der Waals surface area contributed by atoms with Crippen LogP contribution in [0.15, 0.2) is 30.3 Å². The van der Waals surface area contributed by atoms with E-state index in [4.69, 9.17) is 11.6 Å². The van der Waals surface area contributed by atoms with E-state index in [9.17, 15) is 0 Å². The molecule has 58 valence electrons. The van der Waals surface area contributed by atoms with Gasteiger partial charge in [-0.15, -0.1) is 11.6 Å². The van der Waals surface area contributed by atoms with E-state index >= 15 is 0 Å². The third-order valence-electron chi connectivity index (χ3n) is 1.27. The maximum Gasteiger partial charge on any atom is 0.0407 e. The summed E-state index contributed by atoms with van der Waals surface area (Å²) >= 11 is 7.78. The van der Waals surface area contributed by atoms with Gasteiger partial charge in [0.2, 0.25) is 0 Å². The monoisotopic (exact) mass is 278 g/mol. The standard InChI is InChI=1S/C9H8ClI/c10-7-1-2-8-3-5-9(11)6-4-8/h1-6H,7H2/b2-1+. The predicted octanol–water partition coefficient (Wildman–Crippen LogP) is 3.54. The molecule has 0 fully saturated rings. The van der Waals surface area contributed by atoms with E-state index in [1.54, 1.807) is 0 Å². The van der Waals surface area contributed by atoms with Crippen molar-refractivity contribution in [2.24, 2.45) is 0 Å². The zero-order valence-electron chi connectivity index (χ0n) is 5.93. The molecule has 0 heterocycles. The summed E-state index contributed by atoms with van der Waals surface area (Å²) in [6, 6.07) is 8.30. The lowest BCUT2D eigenvalue weighted by molar-refractivity contribution is 1.60. The Kier molecular flexibility index (Phi) is 3.94. The molecular formula is C9H8ClI.